The van der Waals surface area contributed by atoms with E-state index in [9.17, 15) is 9.90 Å². The molecular formula is C20H21NO2S. The predicted octanol–water partition coefficient (Wildman–Crippen LogP) is 3.26. The van der Waals surface area contributed by atoms with E-state index in [2.05, 4.69) is 24.3 Å². The Kier molecular flexibility index (Phi) is 4.10. The van der Waals surface area contributed by atoms with Gasteiger partial charge in [0.1, 0.15) is 0 Å². The highest BCUT2D eigenvalue weighted by Crippen LogP contribution is 2.53. The minimum Gasteiger partial charge on any atom is -0.394 e. The smallest absolute Gasteiger partial charge is 0.239 e. The van der Waals surface area contributed by atoms with Crippen LogP contribution >= 0.6 is 11.8 Å². The third kappa shape index (κ3) is 2.85. The van der Waals surface area contributed by atoms with Crippen LogP contribution in [0, 0.1) is 0 Å². The van der Waals surface area contributed by atoms with Crippen LogP contribution in [0.5, 0.6) is 0 Å². The van der Waals surface area contributed by atoms with E-state index in [1.165, 1.54) is 11.1 Å². The SMILES string of the molecule is O=C(N1Cc2ccccc2C[C@H]1CO)C1(Sc2ccccc2)CC1. The fourth-order valence-electron chi connectivity index (χ4n) is 3.44. The van der Waals surface area contributed by atoms with Crippen LogP contribution in [0.2, 0.25) is 0 Å². The molecule has 2 aromatic rings. The highest BCUT2D eigenvalue weighted by Gasteiger charge is 2.54. The molecule has 0 radical (unpaired) electrons. The maximum absolute atomic E-state index is 13.3. The van der Waals surface area contributed by atoms with E-state index in [1.807, 2.05) is 35.2 Å². The van der Waals surface area contributed by atoms with E-state index in [4.69, 9.17) is 0 Å². The molecule has 0 unspecified atom stereocenters. The van der Waals surface area contributed by atoms with Gasteiger partial charge < -0.3 is 10.0 Å². The third-order valence-electron chi connectivity index (χ3n) is 4.98. The Morgan fingerprint density at radius 1 is 1.08 bits per heavy atom. The molecule has 1 amide bonds. The number of hydrogen-bond acceptors (Lipinski definition) is 3. The summed E-state index contributed by atoms with van der Waals surface area (Å²) in [4.78, 5) is 16.3. The van der Waals surface area contributed by atoms with Crippen molar-refractivity contribution in [3.8, 4) is 0 Å². The maximum Gasteiger partial charge on any atom is 0.239 e. The molecule has 1 N–H and O–H groups in total. The number of carbonyl (C=O) groups is 1. The number of thioether (sulfide) groups is 1. The molecule has 0 spiro atoms. The minimum atomic E-state index is -0.332. The first kappa shape index (κ1) is 15.7. The molecule has 124 valence electrons. The van der Waals surface area contributed by atoms with Crippen LogP contribution in [0.1, 0.15) is 24.0 Å². The number of fused-ring (bicyclic) bond motifs is 1. The van der Waals surface area contributed by atoms with Crippen molar-refractivity contribution in [2.45, 2.75) is 41.5 Å². The van der Waals surface area contributed by atoms with Crippen molar-refractivity contribution in [3.05, 3.63) is 65.7 Å². The van der Waals surface area contributed by atoms with Crippen molar-refractivity contribution < 1.29 is 9.90 Å². The molecule has 0 aromatic heterocycles. The normalized spacial score (nSPS) is 21.2. The highest BCUT2D eigenvalue weighted by atomic mass is 32.2. The van der Waals surface area contributed by atoms with Crippen molar-refractivity contribution in [2.75, 3.05) is 6.61 Å². The quantitative estimate of drug-likeness (QED) is 0.929. The number of amides is 1. The van der Waals surface area contributed by atoms with E-state index >= 15 is 0 Å². The summed E-state index contributed by atoms with van der Waals surface area (Å²) in [5, 5.41) is 9.81. The Labute approximate surface area is 146 Å². The first-order chi connectivity index (χ1) is 11.7. The Bertz CT molecular complexity index is 742. The van der Waals surface area contributed by atoms with E-state index in [-0.39, 0.29) is 23.3 Å². The van der Waals surface area contributed by atoms with Crippen molar-refractivity contribution in [2.24, 2.45) is 0 Å². The number of hydrogen-bond donors (Lipinski definition) is 1. The van der Waals surface area contributed by atoms with E-state index in [1.54, 1.807) is 11.8 Å². The molecule has 1 aliphatic carbocycles. The van der Waals surface area contributed by atoms with E-state index in [0.29, 0.717) is 6.54 Å². The molecule has 0 bridgehead atoms. The Balaban J connectivity index is 1.57. The summed E-state index contributed by atoms with van der Waals surface area (Å²) in [6.45, 7) is 0.628. The van der Waals surface area contributed by atoms with Gasteiger partial charge >= 0.3 is 0 Å². The van der Waals surface area contributed by atoms with Crippen molar-refractivity contribution >= 4 is 17.7 Å². The van der Waals surface area contributed by atoms with Crippen molar-refractivity contribution in [1.82, 2.24) is 4.90 Å². The summed E-state index contributed by atoms with van der Waals surface area (Å²) in [5.74, 6) is 0.185. The third-order valence-corrected chi connectivity index (χ3v) is 6.46. The fraction of sp³-hybridized carbons (Fsp3) is 0.350. The van der Waals surface area contributed by atoms with Gasteiger partial charge in [0.25, 0.3) is 0 Å². The first-order valence-electron chi connectivity index (χ1n) is 8.45. The average Bonchev–Trinajstić information content (AvgIpc) is 3.41. The lowest BCUT2D eigenvalue weighted by Gasteiger charge is -2.38. The standard InChI is InChI=1S/C20H21NO2S/c22-14-17-12-15-6-4-5-7-16(15)13-21(17)19(23)20(10-11-20)24-18-8-2-1-3-9-18/h1-9,17,22H,10-14H2/t17-/m0/s1. The fourth-order valence-corrected chi connectivity index (χ4v) is 4.69. The van der Waals surface area contributed by atoms with Gasteiger partial charge in [-0.1, -0.05) is 42.5 Å². The monoisotopic (exact) mass is 339 g/mol. The number of benzene rings is 2. The number of aliphatic hydroxyl groups is 1. The second-order valence-electron chi connectivity index (χ2n) is 6.65. The summed E-state index contributed by atoms with van der Waals surface area (Å²) < 4.78 is -0.332. The van der Waals surface area contributed by atoms with Gasteiger partial charge in [-0.3, -0.25) is 4.79 Å². The first-order valence-corrected chi connectivity index (χ1v) is 9.26. The molecule has 4 heteroatoms. The van der Waals surface area contributed by atoms with Crippen LogP contribution in [0.4, 0.5) is 0 Å². The molecule has 24 heavy (non-hydrogen) atoms. The Hall–Kier alpha value is -1.78. The summed E-state index contributed by atoms with van der Waals surface area (Å²) in [6, 6.07) is 18.3. The molecule has 1 heterocycles. The zero-order chi connectivity index (χ0) is 16.6. The molecule has 1 aliphatic heterocycles. The van der Waals surface area contributed by atoms with Gasteiger partial charge in [0, 0.05) is 11.4 Å². The minimum absolute atomic E-state index is 0.0200. The van der Waals surface area contributed by atoms with E-state index in [0.717, 1.165) is 24.2 Å². The van der Waals surface area contributed by atoms with E-state index < -0.39 is 0 Å². The van der Waals surface area contributed by atoms with Crippen molar-refractivity contribution in [1.29, 1.82) is 0 Å². The lowest BCUT2D eigenvalue weighted by molar-refractivity contribution is -0.135. The molecule has 2 aromatic carbocycles. The Morgan fingerprint density at radius 3 is 2.42 bits per heavy atom. The van der Waals surface area contributed by atoms with Gasteiger partial charge in [0.15, 0.2) is 0 Å². The molecule has 4 rings (SSSR count). The average molecular weight is 339 g/mol. The number of carbonyl (C=O) groups excluding carboxylic acids is 1. The number of aliphatic hydroxyl groups excluding tert-OH is 1. The summed E-state index contributed by atoms with van der Waals surface area (Å²) in [6.07, 6.45) is 2.58. The summed E-state index contributed by atoms with van der Waals surface area (Å²) in [7, 11) is 0. The molecule has 3 nitrogen and oxygen atoms in total. The summed E-state index contributed by atoms with van der Waals surface area (Å²) in [5.41, 5.74) is 2.46. The zero-order valence-electron chi connectivity index (χ0n) is 13.5. The van der Waals surface area contributed by atoms with Gasteiger partial charge in [-0.25, -0.2) is 0 Å². The van der Waals surface area contributed by atoms with Crippen LogP contribution in [0.15, 0.2) is 59.5 Å². The largest absolute Gasteiger partial charge is 0.394 e. The van der Waals surface area contributed by atoms with Gasteiger partial charge in [-0.05, 0) is 42.5 Å². The number of nitrogens with zero attached hydrogens (tertiary/aromatic N) is 1. The van der Waals surface area contributed by atoms with Gasteiger partial charge in [-0.15, -0.1) is 11.8 Å². The van der Waals surface area contributed by atoms with Gasteiger partial charge in [0.2, 0.25) is 5.91 Å². The lowest BCUT2D eigenvalue weighted by Crippen LogP contribution is -2.50. The lowest BCUT2D eigenvalue weighted by atomic mass is 9.94. The molecule has 1 atom stereocenters. The number of rotatable bonds is 4. The van der Waals surface area contributed by atoms with Crippen LogP contribution in [-0.2, 0) is 17.8 Å². The summed E-state index contributed by atoms with van der Waals surface area (Å²) >= 11 is 1.68. The van der Waals surface area contributed by atoms with Crippen LogP contribution < -0.4 is 0 Å². The predicted molar refractivity (Wildman–Crippen MR) is 95.8 cm³/mol. The molecule has 2 aliphatic rings. The topological polar surface area (TPSA) is 40.5 Å². The second-order valence-corrected chi connectivity index (χ2v) is 8.11. The second kappa shape index (κ2) is 6.26. The van der Waals surface area contributed by atoms with Crippen LogP contribution in [0.3, 0.4) is 0 Å². The van der Waals surface area contributed by atoms with Gasteiger partial charge in [-0.2, -0.15) is 0 Å². The Morgan fingerprint density at radius 2 is 1.75 bits per heavy atom. The molecule has 1 saturated carbocycles. The molecule has 1 fully saturated rings. The van der Waals surface area contributed by atoms with Crippen LogP contribution in [-0.4, -0.2) is 33.3 Å². The molecular weight excluding hydrogens is 318 g/mol. The van der Waals surface area contributed by atoms with Crippen molar-refractivity contribution in [3.63, 3.8) is 0 Å². The maximum atomic E-state index is 13.3. The zero-order valence-corrected chi connectivity index (χ0v) is 14.3. The van der Waals surface area contributed by atoms with Crippen LogP contribution in [0.25, 0.3) is 0 Å². The highest BCUT2D eigenvalue weighted by molar-refractivity contribution is 8.01. The molecule has 0 saturated heterocycles. The van der Waals surface area contributed by atoms with Gasteiger partial charge in [0.05, 0.1) is 17.4 Å².